The highest BCUT2D eigenvalue weighted by atomic mass is 16.6. The number of fused-ring (bicyclic) bond motifs is 2. The molecule has 40 heavy (non-hydrogen) atoms. The van der Waals surface area contributed by atoms with E-state index in [1.807, 2.05) is 45.0 Å². The van der Waals surface area contributed by atoms with Gasteiger partial charge in [-0.3, -0.25) is 9.59 Å². The summed E-state index contributed by atoms with van der Waals surface area (Å²) in [6.07, 6.45) is 1.98. The fraction of sp³-hybridized carbons (Fsp3) is 0.656. The van der Waals surface area contributed by atoms with Crippen LogP contribution in [0, 0.1) is 24.2 Å². The maximum absolute atomic E-state index is 13.8. The first kappa shape index (κ1) is 30.4. The molecule has 2 saturated heterocycles. The van der Waals surface area contributed by atoms with E-state index in [2.05, 4.69) is 11.9 Å². The van der Waals surface area contributed by atoms with Gasteiger partial charge in [-0.15, -0.1) is 0 Å². The summed E-state index contributed by atoms with van der Waals surface area (Å²) in [5.41, 5.74) is 1.55. The van der Waals surface area contributed by atoms with Gasteiger partial charge in [-0.1, -0.05) is 44.9 Å². The number of nitrogens with zero attached hydrogens (tertiary/aromatic N) is 1. The van der Waals surface area contributed by atoms with Gasteiger partial charge in [-0.25, -0.2) is 4.98 Å². The predicted molar refractivity (Wildman–Crippen MR) is 151 cm³/mol. The molecule has 0 bridgehead atoms. The van der Waals surface area contributed by atoms with Gasteiger partial charge in [0.25, 0.3) is 0 Å². The Balaban J connectivity index is 1.63. The van der Waals surface area contributed by atoms with Gasteiger partial charge in [0.1, 0.15) is 17.4 Å². The molecule has 2 aliphatic heterocycles. The molecule has 2 N–H and O–H groups in total. The number of Topliss-reactive ketones (excluding diaryl/α,β-unsaturated/α-hetero) is 1. The van der Waals surface area contributed by atoms with Crippen LogP contribution in [0.4, 0.5) is 0 Å². The van der Waals surface area contributed by atoms with E-state index >= 15 is 0 Å². The Morgan fingerprint density at radius 3 is 2.60 bits per heavy atom. The number of ether oxygens (including phenoxy) is 2. The third-order valence-electron chi connectivity index (χ3n) is 8.90. The van der Waals surface area contributed by atoms with Crippen molar-refractivity contribution in [3.63, 3.8) is 0 Å². The Hall–Kier alpha value is -2.55. The first-order chi connectivity index (χ1) is 18.7. The van der Waals surface area contributed by atoms with Crippen LogP contribution < -0.4 is 0 Å². The van der Waals surface area contributed by atoms with E-state index in [1.54, 1.807) is 20.8 Å². The summed E-state index contributed by atoms with van der Waals surface area (Å²) >= 11 is 0. The van der Waals surface area contributed by atoms with Gasteiger partial charge in [-0.05, 0) is 63.6 Å². The highest BCUT2D eigenvalue weighted by molar-refractivity contribution is 5.88. The van der Waals surface area contributed by atoms with Crippen LogP contribution in [0.15, 0.2) is 34.3 Å². The molecule has 2 aliphatic rings. The number of allylic oxidation sites excluding steroid dienone is 2. The molecular formula is C32H45NO7. The molecule has 2 fully saturated rings. The maximum atomic E-state index is 13.8. The number of carbonyl (C=O) groups is 2. The molecule has 0 radical (unpaired) electrons. The topological polar surface area (TPSA) is 122 Å². The standard InChI is InChI=1S/C32H45NO7/c1-18(2)10-12-22-29(36)19(3)9-8-14-32(7)27(40-32)16-25(21-11-13-24-23(15-21)33-20(4)38-24)39-28(35)17-26(34)31(5,6)30(22)37/h10-11,13,15,19,22,25-27,29,34,36H,8-9,12,14,16-17H2,1-7H3. The summed E-state index contributed by atoms with van der Waals surface area (Å²) in [6, 6.07) is 5.55. The lowest BCUT2D eigenvalue weighted by Crippen LogP contribution is -2.46. The van der Waals surface area contributed by atoms with E-state index < -0.39 is 35.6 Å². The number of rotatable bonds is 3. The Labute approximate surface area is 237 Å². The van der Waals surface area contributed by atoms with Crippen LogP contribution in [0.3, 0.4) is 0 Å². The summed E-state index contributed by atoms with van der Waals surface area (Å²) in [6.45, 7) is 13.0. The molecule has 1 aromatic carbocycles. The van der Waals surface area contributed by atoms with Crippen LogP contribution in [0.2, 0.25) is 0 Å². The van der Waals surface area contributed by atoms with E-state index in [0.29, 0.717) is 29.8 Å². The van der Waals surface area contributed by atoms with Crippen molar-refractivity contribution < 1.29 is 33.7 Å². The van der Waals surface area contributed by atoms with Gasteiger partial charge >= 0.3 is 5.97 Å². The van der Waals surface area contributed by atoms with E-state index in [0.717, 1.165) is 30.4 Å². The highest BCUT2D eigenvalue weighted by Gasteiger charge is 2.53. The lowest BCUT2D eigenvalue weighted by atomic mass is 9.71. The molecule has 1 aromatic heterocycles. The van der Waals surface area contributed by atoms with Crippen molar-refractivity contribution in [3.8, 4) is 0 Å². The number of aliphatic hydroxyl groups excluding tert-OH is 2. The van der Waals surface area contributed by atoms with Crippen molar-refractivity contribution in [2.45, 2.75) is 117 Å². The molecular weight excluding hydrogens is 510 g/mol. The normalized spacial score (nSPS) is 33.7. The third-order valence-corrected chi connectivity index (χ3v) is 8.90. The zero-order valence-electron chi connectivity index (χ0n) is 24.9. The van der Waals surface area contributed by atoms with Crippen LogP contribution in [-0.4, -0.2) is 50.9 Å². The molecule has 220 valence electrons. The van der Waals surface area contributed by atoms with Crippen molar-refractivity contribution >= 4 is 22.9 Å². The van der Waals surface area contributed by atoms with Crippen LogP contribution in [0.1, 0.15) is 97.6 Å². The van der Waals surface area contributed by atoms with Gasteiger partial charge in [0.15, 0.2) is 11.5 Å². The molecule has 3 heterocycles. The fourth-order valence-electron chi connectivity index (χ4n) is 5.88. The van der Waals surface area contributed by atoms with Gasteiger partial charge in [0.05, 0.1) is 35.7 Å². The fourth-order valence-corrected chi connectivity index (χ4v) is 5.88. The number of aliphatic hydroxyl groups is 2. The van der Waals surface area contributed by atoms with E-state index in [9.17, 15) is 19.8 Å². The van der Waals surface area contributed by atoms with Gasteiger partial charge in [-0.2, -0.15) is 0 Å². The molecule has 7 atom stereocenters. The number of hydrogen-bond donors (Lipinski definition) is 2. The molecule has 8 heteroatoms. The average Bonchev–Trinajstić information content (AvgIpc) is 3.34. The Bertz CT molecular complexity index is 1260. The van der Waals surface area contributed by atoms with E-state index in [-0.39, 0.29) is 29.8 Å². The number of hydrogen-bond acceptors (Lipinski definition) is 8. The van der Waals surface area contributed by atoms with E-state index in [1.165, 1.54) is 0 Å². The summed E-state index contributed by atoms with van der Waals surface area (Å²) in [7, 11) is 0. The van der Waals surface area contributed by atoms with E-state index in [4.69, 9.17) is 13.9 Å². The number of ketones is 1. The number of benzene rings is 1. The molecule has 0 amide bonds. The van der Waals surface area contributed by atoms with Gasteiger partial charge < -0.3 is 24.1 Å². The smallest absolute Gasteiger partial charge is 0.309 e. The molecule has 0 saturated carbocycles. The second-order valence-corrected chi connectivity index (χ2v) is 12.9. The van der Waals surface area contributed by atoms with Crippen LogP contribution in [0.5, 0.6) is 0 Å². The van der Waals surface area contributed by atoms with Crippen molar-refractivity contribution in [3.05, 3.63) is 41.3 Å². The zero-order chi connectivity index (χ0) is 29.4. The van der Waals surface area contributed by atoms with Crippen molar-refractivity contribution in [2.75, 3.05) is 0 Å². The SMILES string of the molecule is CC(C)=CCC1C(=O)C(C)(C)C(O)CC(=O)OC(c2ccc3oc(C)nc3c2)CC2OC2(C)CCCC(C)C1O. The van der Waals surface area contributed by atoms with Gasteiger partial charge in [0, 0.05) is 19.3 Å². The molecule has 8 nitrogen and oxygen atoms in total. The Morgan fingerprint density at radius 1 is 1.18 bits per heavy atom. The van der Waals surface area contributed by atoms with Gasteiger partial charge in [0.2, 0.25) is 0 Å². The number of cyclic esters (lactones) is 1. The minimum absolute atomic E-state index is 0.0958. The Morgan fingerprint density at radius 2 is 1.90 bits per heavy atom. The number of aryl methyl sites for hydroxylation is 1. The molecule has 0 spiro atoms. The summed E-state index contributed by atoms with van der Waals surface area (Å²) < 4.78 is 17.7. The zero-order valence-corrected chi connectivity index (χ0v) is 24.9. The first-order valence-corrected chi connectivity index (χ1v) is 14.5. The van der Waals surface area contributed by atoms with Crippen LogP contribution >= 0.6 is 0 Å². The maximum Gasteiger partial charge on any atom is 0.309 e. The predicted octanol–water partition coefficient (Wildman–Crippen LogP) is 5.77. The minimum Gasteiger partial charge on any atom is -0.457 e. The molecule has 2 aromatic rings. The summed E-state index contributed by atoms with van der Waals surface area (Å²) in [4.78, 5) is 31.5. The highest BCUT2D eigenvalue weighted by Crippen LogP contribution is 2.47. The lowest BCUT2D eigenvalue weighted by Gasteiger charge is -2.36. The quantitative estimate of drug-likeness (QED) is 0.278. The first-order valence-electron chi connectivity index (χ1n) is 14.5. The number of aromatic nitrogens is 1. The number of carbonyl (C=O) groups excluding carboxylic acids is 2. The molecule has 4 rings (SSSR count). The summed E-state index contributed by atoms with van der Waals surface area (Å²) in [5.74, 6) is -1.10. The molecule has 0 aliphatic carbocycles. The molecule has 7 unspecified atom stereocenters. The lowest BCUT2D eigenvalue weighted by molar-refractivity contribution is -0.156. The van der Waals surface area contributed by atoms with Crippen LogP contribution in [-0.2, 0) is 19.1 Å². The van der Waals surface area contributed by atoms with Crippen LogP contribution in [0.25, 0.3) is 11.1 Å². The Kier molecular flexibility index (Phi) is 8.93. The van der Waals surface area contributed by atoms with Crippen molar-refractivity contribution in [1.82, 2.24) is 4.98 Å². The average molecular weight is 556 g/mol. The monoisotopic (exact) mass is 555 g/mol. The number of esters is 1. The number of epoxide rings is 1. The van der Waals surface area contributed by atoms with Crippen molar-refractivity contribution in [1.29, 1.82) is 0 Å². The second-order valence-electron chi connectivity index (χ2n) is 12.9. The third kappa shape index (κ3) is 6.67. The second kappa shape index (κ2) is 11.7. The number of oxazole rings is 1. The minimum atomic E-state index is -1.28. The summed E-state index contributed by atoms with van der Waals surface area (Å²) in [5, 5.41) is 22.5. The van der Waals surface area contributed by atoms with Crippen molar-refractivity contribution in [2.24, 2.45) is 17.3 Å². The largest absolute Gasteiger partial charge is 0.457 e.